The minimum Gasteiger partial charge on any atom is -0.492 e. The number of imidazole rings is 1. The Morgan fingerprint density at radius 1 is 0.889 bits per heavy atom. The molecule has 136 valence electrons. The molecule has 0 atom stereocenters. The number of fused-ring (bicyclic) bond motifs is 1. The van der Waals surface area contributed by atoms with Crippen molar-refractivity contribution in [1.82, 2.24) is 9.55 Å². The number of ether oxygens (including phenoxy) is 1. The van der Waals surface area contributed by atoms with Gasteiger partial charge < -0.3 is 14.6 Å². The van der Waals surface area contributed by atoms with E-state index in [0.29, 0.717) is 13.2 Å². The molecule has 0 amide bonds. The minimum absolute atomic E-state index is 0.582. The molecule has 0 aliphatic heterocycles. The van der Waals surface area contributed by atoms with Crippen molar-refractivity contribution >= 4 is 28.3 Å². The van der Waals surface area contributed by atoms with Crippen LogP contribution in [0.25, 0.3) is 11.0 Å². The molecule has 0 unspecified atom stereocenters. The van der Waals surface area contributed by atoms with Crippen LogP contribution in [0.15, 0.2) is 78.9 Å². The highest BCUT2D eigenvalue weighted by molar-refractivity contribution is 6.30. The Hall–Kier alpha value is -2.98. The van der Waals surface area contributed by atoms with Gasteiger partial charge in [-0.1, -0.05) is 41.9 Å². The summed E-state index contributed by atoms with van der Waals surface area (Å²) < 4.78 is 8.09. The number of rotatable bonds is 7. The molecule has 1 heterocycles. The average molecular weight is 378 g/mol. The molecule has 0 saturated heterocycles. The molecule has 0 radical (unpaired) electrons. The van der Waals surface area contributed by atoms with E-state index < -0.39 is 0 Å². The van der Waals surface area contributed by atoms with Crippen LogP contribution >= 0.6 is 11.6 Å². The highest BCUT2D eigenvalue weighted by Crippen LogP contribution is 2.19. The Kier molecular flexibility index (Phi) is 5.26. The molecule has 0 saturated carbocycles. The zero-order valence-electron chi connectivity index (χ0n) is 14.8. The van der Waals surface area contributed by atoms with Crippen LogP contribution in [-0.4, -0.2) is 16.2 Å². The number of hydrogen-bond donors (Lipinski definition) is 1. The van der Waals surface area contributed by atoms with Gasteiger partial charge in [-0.3, -0.25) is 0 Å². The van der Waals surface area contributed by atoms with Crippen LogP contribution in [0.5, 0.6) is 5.75 Å². The number of hydrogen-bond acceptors (Lipinski definition) is 3. The number of benzene rings is 3. The van der Waals surface area contributed by atoms with Gasteiger partial charge in [-0.2, -0.15) is 0 Å². The lowest BCUT2D eigenvalue weighted by atomic mass is 10.3. The third-order valence-corrected chi connectivity index (χ3v) is 4.61. The first kappa shape index (κ1) is 17.4. The fraction of sp³-hybridized carbons (Fsp3) is 0.136. The molecule has 4 nitrogen and oxygen atoms in total. The molecular weight excluding hydrogens is 358 g/mol. The predicted octanol–water partition coefficient (Wildman–Crippen LogP) is 5.38. The summed E-state index contributed by atoms with van der Waals surface area (Å²) in [5.41, 5.74) is 3.12. The van der Waals surface area contributed by atoms with E-state index in [0.717, 1.165) is 39.9 Å². The van der Waals surface area contributed by atoms with Gasteiger partial charge in [-0.15, -0.1) is 0 Å². The number of nitrogens with one attached hydrogen (secondary N) is 1. The monoisotopic (exact) mass is 377 g/mol. The molecule has 0 bridgehead atoms. The van der Waals surface area contributed by atoms with Gasteiger partial charge in [0.15, 0.2) is 0 Å². The lowest BCUT2D eigenvalue weighted by Gasteiger charge is -2.12. The number of aromatic nitrogens is 2. The van der Waals surface area contributed by atoms with Gasteiger partial charge in [0, 0.05) is 10.7 Å². The summed E-state index contributed by atoms with van der Waals surface area (Å²) in [5.74, 6) is 1.85. The van der Waals surface area contributed by atoms with Crippen molar-refractivity contribution in [2.75, 3.05) is 11.9 Å². The first-order chi connectivity index (χ1) is 13.3. The van der Waals surface area contributed by atoms with Crippen molar-refractivity contribution in [3.8, 4) is 5.75 Å². The number of anilines is 1. The summed E-state index contributed by atoms with van der Waals surface area (Å²) in [6.45, 7) is 1.94. The van der Waals surface area contributed by atoms with E-state index in [1.54, 1.807) is 0 Å². The molecule has 0 spiro atoms. The Labute approximate surface area is 163 Å². The average Bonchev–Trinajstić information content (AvgIpc) is 3.06. The quantitative estimate of drug-likeness (QED) is 0.470. The second kappa shape index (κ2) is 8.14. The summed E-state index contributed by atoms with van der Waals surface area (Å²) in [7, 11) is 0. The Morgan fingerprint density at radius 2 is 1.63 bits per heavy atom. The van der Waals surface area contributed by atoms with E-state index in [4.69, 9.17) is 21.3 Å². The molecule has 3 aromatic carbocycles. The van der Waals surface area contributed by atoms with Crippen LogP contribution in [0.1, 0.15) is 5.82 Å². The van der Waals surface area contributed by atoms with Crippen LogP contribution in [0.2, 0.25) is 5.02 Å². The zero-order valence-corrected chi connectivity index (χ0v) is 15.6. The number of nitrogens with zero attached hydrogens (tertiary/aromatic N) is 2. The molecular formula is C22H20ClN3O. The summed E-state index contributed by atoms with van der Waals surface area (Å²) >= 11 is 5.96. The zero-order chi connectivity index (χ0) is 18.5. The van der Waals surface area contributed by atoms with Gasteiger partial charge in [-0.25, -0.2) is 4.98 Å². The highest BCUT2D eigenvalue weighted by Gasteiger charge is 2.10. The first-order valence-corrected chi connectivity index (χ1v) is 9.29. The van der Waals surface area contributed by atoms with E-state index >= 15 is 0 Å². The molecule has 1 aromatic heterocycles. The van der Waals surface area contributed by atoms with Gasteiger partial charge in [0.2, 0.25) is 0 Å². The topological polar surface area (TPSA) is 39.1 Å². The second-order valence-electron chi connectivity index (χ2n) is 6.19. The SMILES string of the molecule is Clc1ccc(NCc2nc3ccccc3n2CCOc2ccccc2)cc1. The van der Waals surface area contributed by atoms with Gasteiger partial charge >= 0.3 is 0 Å². The van der Waals surface area contributed by atoms with E-state index in [-0.39, 0.29) is 0 Å². The Balaban J connectivity index is 1.50. The number of halogens is 1. The van der Waals surface area contributed by atoms with Crippen molar-refractivity contribution in [3.05, 3.63) is 89.7 Å². The molecule has 27 heavy (non-hydrogen) atoms. The van der Waals surface area contributed by atoms with E-state index in [1.807, 2.05) is 72.8 Å². The van der Waals surface area contributed by atoms with Crippen LogP contribution in [0, 0.1) is 0 Å². The van der Waals surface area contributed by atoms with Crippen LogP contribution in [0.3, 0.4) is 0 Å². The molecule has 0 fully saturated rings. The van der Waals surface area contributed by atoms with Crippen molar-refractivity contribution in [1.29, 1.82) is 0 Å². The molecule has 5 heteroatoms. The normalized spacial score (nSPS) is 10.9. The third kappa shape index (κ3) is 4.23. The Bertz CT molecular complexity index is 1010. The fourth-order valence-electron chi connectivity index (χ4n) is 3.03. The third-order valence-electron chi connectivity index (χ3n) is 4.36. The summed E-state index contributed by atoms with van der Waals surface area (Å²) in [6, 6.07) is 25.7. The predicted molar refractivity (Wildman–Crippen MR) is 110 cm³/mol. The molecule has 0 aliphatic carbocycles. The maximum absolute atomic E-state index is 5.96. The van der Waals surface area contributed by atoms with Gasteiger partial charge in [0.1, 0.15) is 18.2 Å². The minimum atomic E-state index is 0.582. The molecule has 0 aliphatic rings. The molecule has 4 aromatic rings. The van der Waals surface area contributed by atoms with Crippen LogP contribution < -0.4 is 10.1 Å². The standard InChI is InChI=1S/C22H20ClN3O/c23-17-10-12-18(13-11-17)24-16-22-25-20-8-4-5-9-21(20)26(22)14-15-27-19-6-2-1-3-7-19/h1-13,24H,14-16H2. The van der Waals surface area contributed by atoms with Gasteiger partial charge in [0.05, 0.1) is 24.1 Å². The van der Waals surface area contributed by atoms with Crippen molar-refractivity contribution in [3.63, 3.8) is 0 Å². The summed E-state index contributed by atoms with van der Waals surface area (Å²) in [4.78, 5) is 4.79. The fourth-order valence-corrected chi connectivity index (χ4v) is 3.16. The van der Waals surface area contributed by atoms with Crippen molar-refractivity contribution < 1.29 is 4.74 Å². The second-order valence-corrected chi connectivity index (χ2v) is 6.63. The lowest BCUT2D eigenvalue weighted by Crippen LogP contribution is -2.13. The lowest BCUT2D eigenvalue weighted by molar-refractivity contribution is 0.298. The van der Waals surface area contributed by atoms with Crippen LogP contribution in [-0.2, 0) is 13.1 Å². The van der Waals surface area contributed by atoms with Crippen LogP contribution in [0.4, 0.5) is 5.69 Å². The maximum atomic E-state index is 5.96. The smallest absolute Gasteiger partial charge is 0.129 e. The first-order valence-electron chi connectivity index (χ1n) is 8.91. The largest absolute Gasteiger partial charge is 0.492 e. The summed E-state index contributed by atoms with van der Waals surface area (Å²) in [5, 5.41) is 4.14. The highest BCUT2D eigenvalue weighted by atomic mass is 35.5. The molecule has 1 N–H and O–H groups in total. The number of para-hydroxylation sites is 3. The van der Waals surface area contributed by atoms with Crippen molar-refractivity contribution in [2.45, 2.75) is 13.1 Å². The van der Waals surface area contributed by atoms with Crippen molar-refractivity contribution in [2.24, 2.45) is 0 Å². The Morgan fingerprint density at radius 3 is 2.44 bits per heavy atom. The summed E-state index contributed by atoms with van der Waals surface area (Å²) in [6.07, 6.45) is 0. The molecule has 4 rings (SSSR count). The van der Waals surface area contributed by atoms with Gasteiger partial charge in [-0.05, 0) is 48.5 Å². The van der Waals surface area contributed by atoms with E-state index in [1.165, 1.54) is 0 Å². The van der Waals surface area contributed by atoms with Gasteiger partial charge in [0.25, 0.3) is 0 Å². The van der Waals surface area contributed by atoms with E-state index in [2.05, 4.69) is 16.0 Å². The maximum Gasteiger partial charge on any atom is 0.129 e. The van der Waals surface area contributed by atoms with E-state index in [9.17, 15) is 0 Å².